The number of esters is 1. The minimum Gasteiger partial charge on any atom is -0.490 e. The summed E-state index contributed by atoms with van der Waals surface area (Å²) in [7, 11) is 0. The molecule has 17 heavy (non-hydrogen) atoms. The Bertz CT molecular complexity index is 356. The maximum absolute atomic E-state index is 11.8. The molecule has 0 aromatic rings. The number of hydrogen-bond acceptors (Lipinski definition) is 5. The van der Waals surface area contributed by atoms with Gasteiger partial charge in [-0.15, -0.1) is 0 Å². The Balaban J connectivity index is 2.60. The summed E-state index contributed by atoms with van der Waals surface area (Å²) < 4.78 is 9.75. The summed E-state index contributed by atoms with van der Waals surface area (Å²) in [5.41, 5.74) is 0. The molecule has 0 amide bonds. The zero-order chi connectivity index (χ0) is 12.8. The maximum Gasteiger partial charge on any atom is 0.303 e. The highest BCUT2D eigenvalue weighted by Crippen LogP contribution is 2.22. The van der Waals surface area contributed by atoms with Crippen LogP contribution in [0, 0.1) is 5.92 Å². The Morgan fingerprint density at radius 1 is 1.47 bits per heavy atom. The van der Waals surface area contributed by atoms with Gasteiger partial charge in [0.2, 0.25) is 5.78 Å². The molecule has 1 aliphatic carbocycles. The van der Waals surface area contributed by atoms with Crippen molar-refractivity contribution in [2.75, 3.05) is 13.2 Å². The zero-order valence-corrected chi connectivity index (χ0v) is 10.0. The molecule has 1 rings (SSSR count). The lowest BCUT2D eigenvalue weighted by Gasteiger charge is -2.20. The van der Waals surface area contributed by atoms with Gasteiger partial charge in [0.15, 0.2) is 18.1 Å². The Hall–Kier alpha value is -1.65. The molecule has 0 spiro atoms. The van der Waals surface area contributed by atoms with Crippen LogP contribution in [0.5, 0.6) is 0 Å². The van der Waals surface area contributed by atoms with Crippen LogP contribution in [0.25, 0.3) is 0 Å². The molecule has 0 saturated carbocycles. The normalized spacial score (nSPS) is 19.5. The van der Waals surface area contributed by atoms with Crippen LogP contribution in [-0.2, 0) is 23.9 Å². The third kappa shape index (κ3) is 3.69. The predicted octanol–water partition coefficient (Wildman–Crippen LogP) is 1.02. The van der Waals surface area contributed by atoms with E-state index in [1.54, 1.807) is 13.0 Å². The summed E-state index contributed by atoms with van der Waals surface area (Å²) in [6.45, 7) is 3.05. The summed E-state index contributed by atoms with van der Waals surface area (Å²) in [6, 6.07) is 0. The van der Waals surface area contributed by atoms with Crippen LogP contribution in [0.15, 0.2) is 11.8 Å². The third-order valence-electron chi connectivity index (χ3n) is 2.45. The van der Waals surface area contributed by atoms with Gasteiger partial charge in [-0.3, -0.25) is 14.4 Å². The molecule has 0 bridgehead atoms. The van der Waals surface area contributed by atoms with E-state index in [1.807, 2.05) is 0 Å². The van der Waals surface area contributed by atoms with Crippen LogP contribution in [-0.4, -0.2) is 30.7 Å². The molecule has 1 aliphatic rings. The molecule has 1 atom stereocenters. The molecular formula is C12H16O5. The number of carbonyl (C=O) groups is 3. The van der Waals surface area contributed by atoms with Crippen LogP contribution < -0.4 is 0 Å². The predicted molar refractivity (Wildman–Crippen MR) is 59.1 cm³/mol. The second-order valence-electron chi connectivity index (χ2n) is 3.74. The van der Waals surface area contributed by atoms with Gasteiger partial charge in [0.25, 0.3) is 0 Å². The van der Waals surface area contributed by atoms with E-state index in [9.17, 15) is 14.4 Å². The average molecular weight is 240 g/mol. The highest BCUT2D eigenvalue weighted by Gasteiger charge is 2.32. The number of rotatable bonds is 5. The Kier molecular flexibility index (Phi) is 4.87. The first-order chi connectivity index (χ1) is 8.06. The van der Waals surface area contributed by atoms with Crippen molar-refractivity contribution in [1.82, 2.24) is 0 Å². The summed E-state index contributed by atoms with van der Waals surface area (Å²) >= 11 is 0. The second kappa shape index (κ2) is 6.18. The topological polar surface area (TPSA) is 69.7 Å². The highest BCUT2D eigenvalue weighted by atomic mass is 16.5. The smallest absolute Gasteiger partial charge is 0.303 e. The largest absolute Gasteiger partial charge is 0.490 e. The monoisotopic (exact) mass is 240 g/mol. The molecule has 0 heterocycles. The Morgan fingerprint density at radius 3 is 2.76 bits per heavy atom. The van der Waals surface area contributed by atoms with Crippen LogP contribution in [0.3, 0.4) is 0 Å². The number of allylic oxidation sites excluding steroid dienone is 2. The number of carbonyl (C=O) groups excluding carboxylic acids is 3. The summed E-state index contributed by atoms with van der Waals surface area (Å²) in [4.78, 5) is 34.1. The van der Waals surface area contributed by atoms with Crippen LogP contribution in [0.1, 0.15) is 26.7 Å². The molecular weight excluding hydrogens is 224 g/mol. The summed E-state index contributed by atoms with van der Waals surface area (Å²) in [5.74, 6) is -1.69. The van der Waals surface area contributed by atoms with Gasteiger partial charge in [0.05, 0.1) is 12.5 Å². The third-order valence-corrected chi connectivity index (χ3v) is 2.45. The van der Waals surface area contributed by atoms with Crippen molar-refractivity contribution in [1.29, 1.82) is 0 Å². The molecule has 0 aromatic heterocycles. The molecule has 0 saturated heterocycles. The quantitative estimate of drug-likeness (QED) is 0.530. The second-order valence-corrected chi connectivity index (χ2v) is 3.74. The van der Waals surface area contributed by atoms with Crippen molar-refractivity contribution in [2.45, 2.75) is 26.7 Å². The van der Waals surface area contributed by atoms with Gasteiger partial charge < -0.3 is 9.47 Å². The number of Topliss-reactive ketones (excluding diaryl/α,β-unsaturated/α-hetero) is 2. The van der Waals surface area contributed by atoms with E-state index in [0.29, 0.717) is 19.4 Å². The molecule has 5 nitrogen and oxygen atoms in total. The minimum absolute atomic E-state index is 0.250. The fourth-order valence-corrected chi connectivity index (χ4v) is 1.65. The Morgan fingerprint density at radius 2 is 2.18 bits per heavy atom. The van der Waals surface area contributed by atoms with Gasteiger partial charge in [-0.05, 0) is 25.8 Å². The summed E-state index contributed by atoms with van der Waals surface area (Å²) in [5, 5.41) is 0. The van der Waals surface area contributed by atoms with Crippen molar-refractivity contribution in [3.63, 3.8) is 0 Å². The lowest BCUT2D eigenvalue weighted by molar-refractivity contribution is -0.148. The van der Waals surface area contributed by atoms with E-state index in [4.69, 9.17) is 4.74 Å². The van der Waals surface area contributed by atoms with E-state index in [0.717, 1.165) is 0 Å². The van der Waals surface area contributed by atoms with Gasteiger partial charge in [0, 0.05) is 6.92 Å². The summed E-state index contributed by atoms with van der Waals surface area (Å²) in [6.07, 6.45) is 2.77. The minimum atomic E-state index is -0.735. The number of ether oxygens (including phenoxy) is 2. The molecule has 5 heteroatoms. The van der Waals surface area contributed by atoms with Crippen LogP contribution in [0.4, 0.5) is 0 Å². The Labute approximate surface area is 99.8 Å². The molecule has 0 radical (unpaired) electrons. The SMILES string of the molecule is CCOC1=CCCC(C(=O)COC(C)=O)C1=O. The zero-order valence-electron chi connectivity index (χ0n) is 10.0. The van der Waals surface area contributed by atoms with E-state index in [1.165, 1.54) is 6.92 Å². The lowest BCUT2D eigenvalue weighted by atomic mass is 9.88. The first kappa shape index (κ1) is 13.4. The fraction of sp³-hybridized carbons (Fsp3) is 0.583. The lowest BCUT2D eigenvalue weighted by Crippen LogP contribution is -2.32. The van der Waals surface area contributed by atoms with Gasteiger partial charge in [-0.25, -0.2) is 0 Å². The van der Waals surface area contributed by atoms with Crippen LogP contribution in [0.2, 0.25) is 0 Å². The van der Waals surface area contributed by atoms with Crippen molar-refractivity contribution >= 4 is 17.5 Å². The van der Waals surface area contributed by atoms with Crippen LogP contribution >= 0.6 is 0 Å². The van der Waals surface area contributed by atoms with Crippen molar-refractivity contribution in [3.05, 3.63) is 11.8 Å². The molecule has 0 aliphatic heterocycles. The van der Waals surface area contributed by atoms with E-state index >= 15 is 0 Å². The van der Waals surface area contributed by atoms with Crippen molar-refractivity contribution in [3.8, 4) is 0 Å². The average Bonchev–Trinajstić information content (AvgIpc) is 2.29. The van der Waals surface area contributed by atoms with Gasteiger partial charge in [-0.1, -0.05) is 0 Å². The van der Waals surface area contributed by atoms with E-state index in [2.05, 4.69) is 4.74 Å². The highest BCUT2D eigenvalue weighted by molar-refractivity contribution is 6.10. The molecule has 0 aromatic carbocycles. The van der Waals surface area contributed by atoms with Gasteiger partial charge in [0.1, 0.15) is 0 Å². The standard InChI is InChI=1S/C12H16O5/c1-3-16-11-6-4-5-9(12(11)15)10(14)7-17-8(2)13/h6,9H,3-5,7H2,1-2H3. The van der Waals surface area contributed by atoms with Crippen molar-refractivity contribution in [2.24, 2.45) is 5.92 Å². The molecule has 0 fully saturated rings. The number of ketones is 2. The fourth-order valence-electron chi connectivity index (χ4n) is 1.65. The van der Waals surface area contributed by atoms with E-state index in [-0.39, 0.29) is 23.9 Å². The van der Waals surface area contributed by atoms with E-state index < -0.39 is 11.9 Å². The first-order valence-electron chi connectivity index (χ1n) is 5.59. The molecule has 94 valence electrons. The van der Waals surface area contributed by atoms with Gasteiger partial charge >= 0.3 is 5.97 Å². The maximum atomic E-state index is 11.8. The van der Waals surface area contributed by atoms with Gasteiger partial charge in [-0.2, -0.15) is 0 Å². The first-order valence-corrected chi connectivity index (χ1v) is 5.59. The molecule has 0 N–H and O–H groups in total. The van der Waals surface area contributed by atoms with Crippen molar-refractivity contribution < 1.29 is 23.9 Å². The number of hydrogen-bond donors (Lipinski definition) is 0. The molecule has 1 unspecified atom stereocenters.